The van der Waals surface area contributed by atoms with Crippen LogP contribution in [0.5, 0.6) is 0 Å². The second-order valence-corrected chi connectivity index (χ2v) is 6.57. The zero-order chi connectivity index (χ0) is 15.5. The number of hydrogen-bond acceptors (Lipinski definition) is 6. The third-order valence-corrected chi connectivity index (χ3v) is 4.70. The van der Waals surface area contributed by atoms with Crippen molar-refractivity contribution in [3.63, 3.8) is 0 Å². The average molecular weight is 333 g/mol. The summed E-state index contributed by atoms with van der Waals surface area (Å²) in [4.78, 5) is 20.9. The Bertz CT molecular complexity index is 810. The smallest absolute Gasteiger partial charge is 0.251 e. The number of benzene rings is 1. The Labute approximate surface area is 136 Å². The number of carbonyl (C=O) groups is 1. The molecule has 0 aliphatic heterocycles. The minimum Gasteiger partial charge on any atom is -0.441 e. The summed E-state index contributed by atoms with van der Waals surface area (Å²) >= 11 is 3.36. The summed E-state index contributed by atoms with van der Waals surface area (Å²) in [5.41, 5.74) is 2.83. The fourth-order valence-electron chi connectivity index (χ4n) is 2.07. The van der Waals surface area contributed by atoms with Crippen LogP contribution in [0.3, 0.4) is 0 Å². The highest BCUT2D eigenvalue weighted by atomic mass is 32.2. The van der Waals surface area contributed by atoms with Gasteiger partial charge in [-0.2, -0.15) is 11.8 Å². The molecule has 1 N–H and O–H groups in total. The molecule has 7 heteroatoms. The van der Waals surface area contributed by atoms with Crippen molar-refractivity contribution in [1.82, 2.24) is 15.3 Å². The van der Waals surface area contributed by atoms with Crippen molar-refractivity contribution >= 4 is 40.1 Å². The maximum atomic E-state index is 12.2. The Kier molecular flexibility index (Phi) is 4.44. The van der Waals surface area contributed by atoms with Gasteiger partial charge in [-0.3, -0.25) is 4.79 Å². The highest BCUT2D eigenvalue weighted by Gasteiger charge is 2.10. The minimum absolute atomic E-state index is 0.143. The number of thioether (sulfide) groups is 1. The number of fused-ring (bicyclic) bond motifs is 1. The van der Waals surface area contributed by atoms with Crippen molar-refractivity contribution in [2.24, 2.45) is 0 Å². The first-order valence-corrected chi connectivity index (χ1v) is 9.00. The first kappa shape index (κ1) is 15.1. The molecule has 0 bridgehead atoms. The van der Waals surface area contributed by atoms with Crippen molar-refractivity contribution in [1.29, 1.82) is 0 Å². The Morgan fingerprint density at radius 3 is 3.09 bits per heavy atom. The first-order chi connectivity index (χ1) is 10.7. The van der Waals surface area contributed by atoms with Crippen LogP contribution in [0.1, 0.15) is 27.0 Å². The molecule has 0 atom stereocenters. The van der Waals surface area contributed by atoms with Crippen LogP contribution in [0, 0.1) is 6.92 Å². The number of aromatic nitrogens is 2. The summed E-state index contributed by atoms with van der Waals surface area (Å²) < 4.78 is 5.45. The molecule has 1 amide bonds. The number of carbonyl (C=O) groups excluding carboxylic acids is 1. The molecule has 0 radical (unpaired) electrons. The van der Waals surface area contributed by atoms with Gasteiger partial charge in [0.2, 0.25) is 0 Å². The molecular formula is C15H15N3O2S2. The van der Waals surface area contributed by atoms with Crippen LogP contribution < -0.4 is 5.32 Å². The van der Waals surface area contributed by atoms with Crippen LogP contribution in [0.25, 0.3) is 11.1 Å². The molecule has 2 aromatic heterocycles. The van der Waals surface area contributed by atoms with Gasteiger partial charge in [0.1, 0.15) is 10.5 Å². The van der Waals surface area contributed by atoms with Gasteiger partial charge in [-0.05, 0) is 24.5 Å². The van der Waals surface area contributed by atoms with E-state index in [1.54, 1.807) is 48.2 Å². The Balaban J connectivity index is 1.67. The fourth-order valence-corrected chi connectivity index (χ4v) is 3.59. The van der Waals surface area contributed by atoms with E-state index in [1.165, 1.54) is 0 Å². The van der Waals surface area contributed by atoms with Crippen molar-refractivity contribution in [2.45, 2.75) is 19.2 Å². The molecule has 0 fully saturated rings. The van der Waals surface area contributed by atoms with Crippen molar-refractivity contribution in [3.8, 4) is 0 Å². The van der Waals surface area contributed by atoms with Gasteiger partial charge in [-0.1, -0.05) is 0 Å². The zero-order valence-electron chi connectivity index (χ0n) is 12.3. The second kappa shape index (κ2) is 6.50. The Morgan fingerprint density at radius 1 is 1.41 bits per heavy atom. The third-order valence-electron chi connectivity index (χ3n) is 3.05. The molecule has 0 aliphatic rings. The van der Waals surface area contributed by atoms with E-state index in [0.29, 0.717) is 23.6 Å². The van der Waals surface area contributed by atoms with Crippen molar-refractivity contribution < 1.29 is 9.21 Å². The van der Waals surface area contributed by atoms with Gasteiger partial charge in [-0.15, -0.1) is 11.3 Å². The lowest BCUT2D eigenvalue weighted by Gasteiger charge is -2.03. The number of aryl methyl sites for hydroxylation is 1. The van der Waals surface area contributed by atoms with Crippen LogP contribution in [0.2, 0.25) is 0 Å². The van der Waals surface area contributed by atoms with Crippen molar-refractivity contribution in [2.75, 3.05) is 6.26 Å². The number of rotatable bonds is 5. The maximum absolute atomic E-state index is 12.2. The van der Waals surface area contributed by atoms with Crippen LogP contribution in [-0.2, 0) is 12.3 Å². The minimum atomic E-state index is -0.143. The van der Waals surface area contributed by atoms with Crippen LogP contribution >= 0.6 is 23.1 Å². The monoisotopic (exact) mass is 333 g/mol. The molecular weight excluding hydrogens is 318 g/mol. The Morgan fingerprint density at radius 2 is 2.27 bits per heavy atom. The maximum Gasteiger partial charge on any atom is 0.251 e. The van der Waals surface area contributed by atoms with Gasteiger partial charge < -0.3 is 9.73 Å². The predicted octanol–water partition coefficient (Wildman–Crippen LogP) is 3.39. The van der Waals surface area contributed by atoms with Gasteiger partial charge in [-0.25, -0.2) is 9.97 Å². The molecule has 22 heavy (non-hydrogen) atoms. The van der Waals surface area contributed by atoms with E-state index in [9.17, 15) is 4.79 Å². The van der Waals surface area contributed by atoms with E-state index in [1.807, 2.05) is 11.6 Å². The van der Waals surface area contributed by atoms with Gasteiger partial charge in [0.05, 0.1) is 12.2 Å². The summed E-state index contributed by atoms with van der Waals surface area (Å²) in [5.74, 6) is 1.35. The molecule has 5 nitrogen and oxygen atoms in total. The van der Waals surface area contributed by atoms with Gasteiger partial charge in [0.15, 0.2) is 11.5 Å². The molecule has 0 unspecified atom stereocenters. The number of nitrogens with zero attached hydrogens (tertiary/aromatic N) is 2. The van der Waals surface area contributed by atoms with E-state index in [0.717, 1.165) is 22.0 Å². The topological polar surface area (TPSA) is 68.0 Å². The van der Waals surface area contributed by atoms with E-state index in [2.05, 4.69) is 15.3 Å². The van der Waals surface area contributed by atoms with Crippen molar-refractivity contribution in [3.05, 3.63) is 45.7 Å². The Hall–Kier alpha value is -1.86. The highest BCUT2D eigenvalue weighted by Crippen LogP contribution is 2.17. The number of thiazole rings is 1. The molecule has 3 rings (SSSR count). The average Bonchev–Trinajstić information content (AvgIpc) is 3.09. The summed E-state index contributed by atoms with van der Waals surface area (Å²) in [7, 11) is 0. The molecule has 3 aromatic rings. The molecule has 0 saturated carbocycles. The molecule has 0 spiro atoms. The molecule has 2 heterocycles. The zero-order valence-corrected chi connectivity index (χ0v) is 13.9. The number of nitrogens with one attached hydrogen (secondary N) is 1. The number of hydrogen-bond donors (Lipinski definition) is 1. The summed E-state index contributed by atoms with van der Waals surface area (Å²) in [6, 6.07) is 5.25. The third kappa shape index (κ3) is 3.31. The molecule has 0 aliphatic carbocycles. The summed E-state index contributed by atoms with van der Waals surface area (Å²) in [6.45, 7) is 2.21. The van der Waals surface area contributed by atoms with Gasteiger partial charge in [0, 0.05) is 23.6 Å². The van der Waals surface area contributed by atoms with E-state index in [4.69, 9.17) is 4.42 Å². The second-order valence-electron chi connectivity index (χ2n) is 4.76. The first-order valence-electron chi connectivity index (χ1n) is 6.73. The lowest BCUT2D eigenvalue weighted by Crippen LogP contribution is -2.22. The number of oxazole rings is 1. The van der Waals surface area contributed by atoms with Gasteiger partial charge in [0.25, 0.3) is 5.91 Å². The molecule has 114 valence electrons. The summed E-state index contributed by atoms with van der Waals surface area (Å²) in [5, 5.41) is 5.94. The van der Waals surface area contributed by atoms with Crippen LogP contribution in [-0.4, -0.2) is 22.1 Å². The fraction of sp³-hybridized carbons (Fsp3) is 0.267. The van der Waals surface area contributed by atoms with Gasteiger partial charge >= 0.3 is 0 Å². The molecule has 1 aromatic carbocycles. The standard InChI is InChI=1S/C15H15N3O2S2/c1-9-17-12-4-3-10(5-13(12)20-9)15(19)16-6-11-7-22-14(18-11)8-21-2/h3-5,7H,6,8H2,1-2H3,(H,16,19). The number of amides is 1. The van der Waals surface area contributed by atoms with E-state index < -0.39 is 0 Å². The lowest BCUT2D eigenvalue weighted by atomic mass is 10.2. The van der Waals surface area contributed by atoms with E-state index in [-0.39, 0.29) is 5.91 Å². The van der Waals surface area contributed by atoms with Crippen LogP contribution in [0.15, 0.2) is 28.0 Å². The van der Waals surface area contributed by atoms with Crippen LogP contribution in [0.4, 0.5) is 0 Å². The SMILES string of the molecule is CSCc1nc(CNC(=O)c2ccc3nc(C)oc3c2)cs1. The largest absolute Gasteiger partial charge is 0.441 e. The lowest BCUT2D eigenvalue weighted by molar-refractivity contribution is 0.0950. The normalized spacial score (nSPS) is 11.0. The highest BCUT2D eigenvalue weighted by molar-refractivity contribution is 7.97. The predicted molar refractivity (Wildman–Crippen MR) is 89.2 cm³/mol. The quantitative estimate of drug-likeness (QED) is 0.775. The molecule has 0 saturated heterocycles. The summed E-state index contributed by atoms with van der Waals surface area (Å²) in [6.07, 6.45) is 2.05. The van der Waals surface area contributed by atoms with E-state index >= 15 is 0 Å².